The lowest BCUT2D eigenvalue weighted by atomic mass is 9.91. The van der Waals surface area contributed by atoms with Crippen LogP contribution in [0.4, 0.5) is 4.39 Å². The summed E-state index contributed by atoms with van der Waals surface area (Å²) in [5, 5.41) is 3.48. The molecular weight excluding hydrogens is 201 g/mol. The molecule has 1 fully saturated rings. The first-order valence-electron chi connectivity index (χ1n) is 6.06. The van der Waals surface area contributed by atoms with Gasteiger partial charge in [-0.05, 0) is 48.9 Å². The fraction of sp³-hybridized carbons (Fsp3) is 0.571. The van der Waals surface area contributed by atoms with E-state index in [1.54, 1.807) is 13.0 Å². The van der Waals surface area contributed by atoms with Crippen molar-refractivity contribution >= 4 is 0 Å². The predicted octanol–water partition coefficient (Wildman–Crippen LogP) is 3.58. The minimum atomic E-state index is -0.0929. The van der Waals surface area contributed by atoms with Crippen molar-refractivity contribution in [2.24, 2.45) is 5.41 Å². The van der Waals surface area contributed by atoms with Crippen LogP contribution < -0.4 is 5.32 Å². The third kappa shape index (κ3) is 2.12. The number of rotatable bonds is 4. The standard InChI is InChI=1S/C14H20FN/c1-4-16-13(14(3)7-8-14)11-6-5-10(2)12(15)9-11/h5-6,9,13,16H,4,7-8H2,1-3H3. The molecule has 1 aromatic carbocycles. The van der Waals surface area contributed by atoms with Gasteiger partial charge in [0.1, 0.15) is 5.82 Å². The molecule has 1 saturated carbocycles. The minimum absolute atomic E-state index is 0.0929. The first-order valence-corrected chi connectivity index (χ1v) is 6.06. The highest BCUT2D eigenvalue weighted by Crippen LogP contribution is 2.54. The number of nitrogens with one attached hydrogen (secondary N) is 1. The van der Waals surface area contributed by atoms with Crippen LogP contribution >= 0.6 is 0 Å². The molecule has 1 unspecified atom stereocenters. The minimum Gasteiger partial charge on any atom is -0.310 e. The van der Waals surface area contributed by atoms with Gasteiger partial charge in [0.2, 0.25) is 0 Å². The van der Waals surface area contributed by atoms with Gasteiger partial charge in [-0.3, -0.25) is 0 Å². The van der Waals surface area contributed by atoms with E-state index >= 15 is 0 Å². The van der Waals surface area contributed by atoms with Crippen LogP contribution in [0.5, 0.6) is 0 Å². The second-order valence-electron chi connectivity index (χ2n) is 5.15. The number of benzene rings is 1. The summed E-state index contributed by atoms with van der Waals surface area (Å²) in [5.74, 6) is -0.0929. The van der Waals surface area contributed by atoms with Crippen LogP contribution in [0.25, 0.3) is 0 Å². The number of halogens is 1. The maximum atomic E-state index is 13.6. The van der Waals surface area contributed by atoms with Gasteiger partial charge in [0.05, 0.1) is 0 Å². The van der Waals surface area contributed by atoms with Crippen LogP contribution in [0.3, 0.4) is 0 Å². The van der Waals surface area contributed by atoms with Crippen molar-refractivity contribution in [1.82, 2.24) is 5.32 Å². The van der Waals surface area contributed by atoms with Crippen molar-refractivity contribution in [1.29, 1.82) is 0 Å². The second kappa shape index (κ2) is 4.17. The third-order valence-electron chi connectivity index (χ3n) is 3.67. The van der Waals surface area contributed by atoms with E-state index in [1.165, 1.54) is 12.8 Å². The molecule has 0 aromatic heterocycles. The SMILES string of the molecule is CCNC(c1ccc(C)c(F)c1)C1(C)CC1. The Hall–Kier alpha value is -0.890. The quantitative estimate of drug-likeness (QED) is 0.819. The molecule has 2 heteroatoms. The lowest BCUT2D eigenvalue weighted by Crippen LogP contribution is -2.27. The molecule has 1 aliphatic carbocycles. The van der Waals surface area contributed by atoms with E-state index in [9.17, 15) is 4.39 Å². The van der Waals surface area contributed by atoms with E-state index in [1.807, 2.05) is 6.07 Å². The van der Waals surface area contributed by atoms with E-state index in [4.69, 9.17) is 0 Å². The zero-order valence-electron chi connectivity index (χ0n) is 10.3. The van der Waals surface area contributed by atoms with Crippen LogP contribution in [0, 0.1) is 18.2 Å². The predicted molar refractivity (Wildman–Crippen MR) is 64.9 cm³/mol. The van der Waals surface area contributed by atoms with Gasteiger partial charge in [0, 0.05) is 6.04 Å². The van der Waals surface area contributed by atoms with Gasteiger partial charge >= 0.3 is 0 Å². The first-order chi connectivity index (χ1) is 7.57. The lowest BCUT2D eigenvalue weighted by Gasteiger charge is -2.25. The number of hydrogen-bond donors (Lipinski definition) is 1. The van der Waals surface area contributed by atoms with Gasteiger partial charge in [0.15, 0.2) is 0 Å². The number of hydrogen-bond acceptors (Lipinski definition) is 1. The molecule has 2 rings (SSSR count). The van der Waals surface area contributed by atoms with Gasteiger partial charge in [-0.15, -0.1) is 0 Å². The number of aryl methyl sites for hydroxylation is 1. The molecule has 0 heterocycles. The van der Waals surface area contributed by atoms with Gasteiger partial charge in [-0.25, -0.2) is 4.39 Å². The Morgan fingerprint density at radius 3 is 2.62 bits per heavy atom. The zero-order chi connectivity index (χ0) is 11.8. The van der Waals surface area contributed by atoms with E-state index in [-0.39, 0.29) is 5.82 Å². The van der Waals surface area contributed by atoms with Gasteiger partial charge in [-0.1, -0.05) is 26.0 Å². The summed E-state index contributed by atoms with van der Waals surface area (Å²) in [6.45, 7) is 7.11. The third-order valence-corrected chi connectivity index (χ3v) is 3.67. The summed E-state index contributed by atoms with van der Waals surface area (Å²) in [6, 6.07) is 5.91. The monoisotopic (exact) mass is 221 g/mol. The van der Waals surface area contributed by atoms with Crippen LogP contribution in [0.1, 0.15) is 43.9 Å². The van der Waals surface area contributed by atoms with Crippen LogP contribution in [0.15, 0.2) is 18.2 Å². The fourth-order valence-corrected chi connectivity index (χ4v) is 2.25. The fourth-order valence-electron chi connectivity index (χ4n) is 2.25. The molecule has 1 atom stereocenters. The molecule has 1 aliphatic rings. The molecule has 16 heavy (non-hydrogen) atoms. The molecule has 1 aromatic rings. The second-order valence-corrected chi connectivity index (χ2v) is 5.15. The normalized spacial score (nSPS) is 19.5. The van der Waals surface area contributed by atoms with Crippen molar-refractivity contribution in [3.05, 3.63) is 35.1 Å². The molecule has 0 saturated heterocycles. The molecular formula is C14H20FN. The molecule has 0 radical (unpaired) electrons. The van der Waals surface area contributed by atoms with Crippen molar-refractivity contribution in [2.75, 3.05) is 6.54 Å². The first kappa shape index (κ1) is 11.6. The maximum absolute atomic E-state index is 13.6. The Bertz CT molecular complexity index is 382. The van der Waals surface area contributed by atoms with Crippen LogP contribution in [0.2, 0.25) is 0 Å². The van der Waals surface area contributed by atoms with Gasteiger partial charge < -0.3 is 5.32 Å². The Balaban J connectivity index is 2.28. The molecule has 88 valence electrons. The molecule has 0 spiro atoms. The summed E-state index contributed by atoms with van der Waals surface area (Å²) >= 11 is 0. The Labute approximate surface area is 97.1 Å². The average Bonchev–Trinajstić information content (AvgIpc) is 2.98. The zero-order valence-corrected chi connectivity index (χ0v) is 10.3. The summed E-state index contributed by atoms with van der Waals surface area (Å²) in [6.07, 6.45) is 2.47. The summed E-state index contributed by atoms with van der Waals surface area (Å²) < 4.78 is 13.6. The molecule has 1 nitrogen and oxygen atoms in total. The molecule has 0 aliphatic heterocycles. The van der Waals surface area contributed by atoms with E-state index in [0.29, 0.717) is 11.5 Å². The van der Waals surface area contributed by atoms with Crippen LogP contribution in [-0.2, 0) is 0 Å². The lowest BCUT2D eigenvalue weighted by molar-refractivity contribution is 0.372. The summed E-state index contributed by atoms with van der Waals surface area (Å²) in [4.78, 5) is 0. The Morgan fingerprint density at radius 2 is 2.12 bits per heavy atom. The molecule has 1 N–H and O–H groups in total. The van der Waals surface area contributed by atoms with Gasteiger partial charge in [0.25, 0.3) is 0 Å². The topological polar surface area (TPSA) is 12.0 Å². The smallest absolute Gasteiger partial charge is 0.126 e. The van der Waals surface area contributed by atoms with Crippen molar-refractivity contribution < 1.29 is 4.39 Å². The summed E-state index contributed by atoms with van der Waals surface area (Å²) in [5.41, 5.74) is 2.14. The van der Waals surface area contributed by atoms with E-state index in [2.05, 4.69) is 25.2 Å². The highest BCUT2D eigenvalue weighted by atomic mass is 19.1. The molecule has 0 amide bonds. The highest BCUT2D eigenvalue weighted by Gasteiger charge is 2.45. The van der Waals surface area contributed by atoms with E-state index in [0.717, 1.165) is 17.7 Å². The summed E-state index contributed by atoms with van der Waals surface area (Å²) in [7, 11) is 0. The van der Waals surface area contributed by atoms with E-state index < -0.39 is 0 Å². The largest absolute Gasteiger partial charge is 0.310 e. The van der Waals surface area contributed by atoms with Gasteiger partial charge in [-0.2, -0.15) is 0 Å². The average molecular weight is 221 g/mol. The van der Waals surface area contributed by atoms with Crippen LogP contribution in [-0.4, -0.2) is 6.54 Å². The highest BCUT2D eigenvalue weighted by molar-refractivity contribution is 5.28. The van der Waals surface area contributed by atoms with Crippen molar-refractivity contribution in [2.45, 2.75) is 39.7 Å². The molecule has 0 bridgehead atoms. The van der Waals surface area contributed by atoms with Crippen molar-refractivity contribution in [3.8, 4) is 0 Å². The Kier molecular flexibility index (Phi) is 3.02. The Morgan fingerprint density at radius 1 is 1.44 bits per heavy atom. The van der Waals surface area contributed by atoms with Crippen molar-refractivity contribution in [3.63, 3.8) is 0 Å². The maximum Gasteiger partial charge on any atom is 0.126 e.